The molecule has 6 heteroatoms. The molecule has 0 spiro atoms. The topological polar surface area (TPSA) is 29.5 Å². The van der Waals surface area contributed by atoms with Crippen LogP contribution in [0.4, 0.5) is 0 Å². The van der Waals surface area contributed by atoms with E-state index in [1.807, 2.05) is 17.5 Å². The van der Waals surface area contributed by atoms with E-state index in [9.17, 15) is 4.79 Å². The molecule has 0 bridgehead atoms. The van der Waals surface area contributed by atoms with Gasteiger partial charge < -0.3 is 9.64 Å². The molecule has 3 nitrogen and oxygen atoms in total. The number of benzene rings is 1. The van der Waals surface area contributed by atoms with E-state index in [1.54, 1.807) is 52.3 Å². The molecule has 1 saturated heterocycles. The molecule has 2 aromatic rings. The fraction of sp³-hybridized carbons (Fsp3) is 0.188. The molecule has 1 fully saturated rings. The number of carbonyl (C=O) groups excluding carboxylic acids is 1. The molecule has 0 radical (unpaired) electrons. The van der Waals surface area contributed by atoms with E-state index >= 15 is 0 Å². The molecule has 0 saturated carbocycles. The third kappa shape index (κ3) is 3.85. The molecule has 0 unspecified atom stereocenters. The van der Waals surface area contributed by atoms with Gasteiger partial charge in [-0.25, -0.2) is 0 Å². The summed E-state index contributed by atoms with van der Waals surface area (Å²) < 4.78 is 5.54. The maximum Gasteiger partial charge on any atom is 0.265 e. The first-order valence-corrected chi connectivity index (χ1v) is 9.03. The molecule has 0 aliphatic carbocycles. The minimum atomic E-state index is -0.0252. The lowest BCUT2D eigenvalue weighted by Crippen LogP contribution is -2.31. The number of thiophene rings is 1. The Bertz CT molecular complexity index is 668. The molecule has 3 rings (SSSR count). The van der Waals surface area contributed by atoms with Gasteiger partial charge in [-0.05, 0) is 41.8 Å². The van der Waals surface area contributed by atoms with Crippen LogP contribution in [0.1, 0.15) is 4.88 Å². The highest BCUT2D eigenvalue weighted by molar-refractivity contribution is 8.03. The van der Waals surface area contributed by atoms with Crippen LogP contribution in [0.3, 0.4) is 0 Å². The van der Waals surface area contributed by atoms with E-state index in [4.69, 9.17) is 16.3 Å². The molecule has 1 amide bonds. The van der Waals surface area contributed by atoms with Gasteiger partial charge in [-0.15, -0.1) is 23.1 Å². The van der Waals surface area contributed by atoms with Crippen molar-refractivity contribution in [3.8, 4) is 5.75 Å². The lowest BCUT2D eigenvalue weighted by molar-refractivity contribution is -0.130. The maximum absolute atomic E-state index is 12.3. The van der Waals surface area contributed by atoms with Crippen molar-refractivity contribution in [1.29, 1.82) is 0 Å². The van der Waals surface area contributed by atoms with Crippen LogP contribution >= 0.6 is 34.7 Å². The van der Waals surface area contributed by atoms with E-state index in [0.29, 0.717) is 10.8 Å². The Kier molecular flexibility index (Phi) is 5.08. The van der Waals surface area contributed by atoms with E-state index in [1.165, 1.54) is 0 Å². The Balaban J connectivity index is 1.62. The number of halogens is 1. The average molecular weight is 352 g/mol. The first kappa shape index (κ1) is 15.5. The molecule has 22 heavy (non-hydrogen) atoms. The quantitative estimate of drug-likeness (QED) is 0.820. The predicted molar refractivity (Wildman–Crippen MR) is 93.4 cm³/mol. The summed E-state index contributed by atoms with van der Waals surface area (Å²) >= 11 is 9.19. The van der Waals surface area contributed by atoms with Gasteiger partial charge in [-0.1, -0.05) is 17.7 Å². The van der Waals surface area contributed by atoms with Crippen molar-refractivity contribution in [3.05, 3.63) is 56.7 Å². The van der Waals surface area contributed by atoms with E-state index in [-0.39, 0.29) is 12.5 Å². The maximum atomic E-state index is 12.3. The molecule has 0 N–H and O–H groups in total. The summed E-state index contributed by atoms with van der Waals surface area (Å²) in [4.78, 5) is 15.3. The number of hydrogen-bond acceptors (Lipinski definition) is 4. The number of amides is 1. The first-order valence-electron chi connectivity index (χ1n) is 6.79. The monoisotopic (exact) mass is 351 g/mol. The SMILES string of the molecule is O=C(COc1ccc(Cl)cc1)N1CCS/C1=C/c1cccs1. The largest absolute Gasteiger partial charge is 0.484 e. The van der Waals surface area contributed by atoms with Gasteiger partial charge in [0.05, 0.1) is 5.03 Å². The van der Waals surface area contributed by atoms with Gasteiger partial charge in [0.2, 0.25) is 0 Å². The lowest BCUT2D eigenvalue weighted by atomic mass is 10.3. The highest BCUT2D eigenvalue weighted by atomic mass is 35.5. The van der Waals surface area contributed by atoms with Crippen LogP contribution < -0.4 is 4.74 Å². The lowest BCUT2D eigenvalue weighted by Gasteiger charge is -2.17. The number of ether oxygens (including phenoxy) is 1. The summed E-state index contributed by atoms with van der Waals surface area (Å²) in [5.41, 5.74) is 0. The Morgan fingerprint density at radius 2 is 2.14 bits per heavy atom. The third-order valence-corrected chi connectivity index (χ3v) is 5.21. The van der Waals surface area contributed by atoms with Crippen molar-refractivity contribution >= 4 is 46.7 Å². The van der Waals surface area contributed by atoms with Gasteiger partial charge in [0, 0.05) is 22.2 Å². The first-order chi connectivity index (χ1) is 10.7. The molecule has 1 aromatic heterocycles. The smallest absolute Gasteiger partial charge is 0.265 e. The summed E-state index contributed by atoms with van der Waals surface area (Å²) in [6.07, 6.45) is 2.06. The highest BCUT2D eigenvalue weighted by Crippen LogP contribution is 2.31. The second-order valence-corrected chi connectivity index (χ2v) is 7.17. The summed E-state index contributed by atoms with van der Waals surface area (Å²) in [5.74, 6) is 1.54. The molecule has 114 valence electrons. The van der Waals surface area contributed by atoms with Gasteiger partial charge in [-0.3, -0.25) is 4.79 Å². The minimum absolute atomic E-state index is 0.0252. The Labute approximate surface area is 142 Å². The second kappa shape index (κ2) is 7.22. The fourth-order valence-corrected chi connectivity index (χ4v) is 3.94. The van der Waals surface area contributed by atoms with Crippen LogP contribution in [0.25, 0.3) is 6.08 Å². The molecule has 1 aliphatic heterocycles. The average Bonchev–Trinajstić information content (AvgIpc) is 3.19. The second-order valence-electron chi connectivity index (χ2n) is 4.63. The van der Waals surface area contributed by atoms with Crippen molar-refractivity contribution in [2.45, 2.75) is 0 Å². The van der Waals surface area contributed by atoms with E-state index < -0.39 is 0 Å². The van der Waals surface area contributed by atoms with Crippen molar-refractivity contribution < 1.29 is 9.53 Å². The standard InChI is InChI=1S/C16H14ClNO2S2/c17-12-3-5-13(6-4-12)20-11-15(19)18-7-9-22-16(18)10-14-2-1-8-21-14/h1-6,8,10H,7,9,11H2/b16-10+. The third-order valence-electron chi connectivity index (χ3n) is 3.12. The summed E-state index contributed by atoms with van der Waals surface area (Å²) in [5, 5.41) is 3.67. The van der Waals surface area contributed by atoms with Crippen LogP contribution in [0.5, 0.6) is 5.75 Å². The molecule has 1 aromatic carbocycles. The molecule has 1 aliphatic rings. The van der Waals surface area contributed by atoms with Gasteiger partial charge >= 0.3 is 0 Å². The number of hydrogen-bond donors (Lipinski definition) is 0. The summed E-state index contributed by atoms with van der Waals surface area (Å²) in [7, 11) is 0. The van der Waals surface area contributed by atoms with Gasteiger partial charge in [0.1, 0.15) is 5.75 Å². The predicted octanol–water partition coefficient (Wildman–Crippen LogP) is 4.35. The van der Waals surface area contributed by atoms with E-state index in [2.05, 4.69) is 6.08 Å². The normalized spacial score (nSPS) is 16.2. The highest BCUT2D eigenvalue weighted by Gasteiger charge is 2.24. The number of carbonyl (C=O) groups is 1. The van der Waals surface area contributed by atoms with Gasteiger partial charge in [0.15, 0.2) is 6.61 Å². The zero-order valence-corrected chi connectivity index (χ0v) is 14.1. The van der Waals surface area contributed by atoms with Crippen LogP contribution in [-0.2, 0) is 4.79 Å². The molecular weight excluding hydrogens is 338 g/mol. The van der Waals surface area contributed by atoms with Crippen LogP contribution in [0.2, 0.25) is 5.02 Å². The number of thioether (sulfide) groups is 1. The van der Waals surface area contributed by atoms with Gasteiger partial charge in [-0.2, -0.15) is 0 Å². The van der Waals surface area contributed by atoms with Crippen LogP contribution in [-0.4, -0.2) is 29.7 Å². The van der Waals surface area contributed by atoms with Crippen LogP contribution in [0.15, 0.2) is 46.8 Å². The number of nitrogens with zero attached hydrogens (tertiary/aromatic N) is 1. The Hall–Kier alpha value is -1.43. The van der Waals surface area contributed by atoms with Crippen molar-refractivity contribution in [2.24, 2.45) is 0 Å². The van der Waals surface area contributed by atoms with Crippen molar-refractivity contribution in [1.82, 2.24) is 4.90 Å². The van der Waals surface area contributed by atoms with Crippen LogP contribution in [0, 0.1) is 0 Å². The minimum Gasteiger partial charge on any atom is -0.484 e. The molecular formula is C16H14ClNO2S2. The zero-order valence-electron chi connectivity index (χ0n) is 11.7. The summed E-state index contributed by atoms with van der Waals surface area (Å²) in [6, 6.07) is 11.1. The van der Waals surface area contributed by atoms with Gasteiger partial charge in [0.25, 0.3) is 5.91 Å². The van der Waals surface area contributed by atoms with E-state index in [0.717, 1.165) is 22.2 Å². The van der Waals surface area contributed by atoms with Crippen molar-refractivity contribution in [2.75, 3.05) is 18.9 Å². The zero-order chi connectivity index (χ0) is 15.4. The Morgan fingerprint density at radius 1 is 1.32 bits per heavy atom. The molecule has 0 atom stereocenters. The number of rotatable bonds is 4. The summed E-state index contributed by atoms with van der Waals surface area (Å²) in [6.45, 7) is 0.759. The fourth-order valence-electron chi connectivity index (χ4n) is 2.05. The van der Waals surface area contributed by atoms with Crippen molar-refractivity contribution in [3.63, 3.8) is 0 Å². The molecule has 2 heterocycles. The Morgan fingerprint density at radius 3 is 2.86 bits per heavy atom.